The Labute approximate surface area is 133 Å². The molecular weight excluding hydrogens is 300 g/mol. The lowest BCUT2D eigenvalue weighted by Crippen LogP contribution is -2.52. The van der Waals surface area contributed by atoms with Crippen molar-refractivity contribution in [2.45, 2.75) is 58.4 Å². The molecule has 0 saturated carbocycles. The van der Waals surface area contributed by atoms with Gasteiger partial charge in [-0.15, -0.1) is 0 Å². The van der Waals surface area contributed by atoms with Crippen LogP contribution >= 0.6 is 0 Å². The number of aromatic amines is 1. The molecule has 0 radical (unpaired) electrons. The van der Waals surface area contributed by atoms with E-state index in [1.54, 1.807) is 18.2 Å². The minimum Gasteiger partial charge on any atom is -0.309 e. The van der Waals surface area contributed by atoms with Crippen molar-refractivity contribution in [1.29, 1.82) is 0 Å². The monoisotopic (exact) mass is 328 g/mol. The molecule has 0 spiro atoms. The van der Waals surface area contributed by atoms with Crippen LogP contribution in [-0.4, -0.2) is 47.3 Å². The Morgan fingerprint density at radius 1 is 1.50 bits per heavy atom. The van der Waals surface area contributed by atoms with E-state index in [4.69, 9.17) is 0 Å². The van der Waals surface area contributed by atoms with Crippen molar-refractivity contribution in [2.75, 3.05) is 13.1 Å². The molecule has 0 amide bonds. The van der Waals surface area contributed by atoms with Gasteiger partial charge in [-0.3, -0.25) is 5.10 Å². The van der Waals surface area contributed by atoms with E-state index in [2.05, 4.69) is 22.4 Å². The Morgan fingerprint density at radius 2 is 2.23 bits per heavy atom. The fourth-order valence-corrected chi connectivity index (χ4v) is 4.36. The highest BCUT2D eigenvalue weighted by atomic mass is 32.2. The number of H-pyrrole nitrogens is 1. The first kappa shape index (κ1) is 17.4. The third-order valence-corrected chi connectivity index (χ3v) is 6.91. The van der Waals surface area contributed by atoms with Gasteiger partial charge in [-0.1, -0.05) is 13.3 Å². The second-order valence-electron chi connectivity index (χ2n) is 6.42. The van der Waals surface area contributed by atoms with Crippen LogP contribution in [0, 0.1) is 12.8 Å². The largest absolute Gasteiger partial charge is 0.309 e. The molecule has 0 aromatic carbocycles. The van der Waals surface area contributed by atoms with Crippen LogP contribution in [-0.2, 0) is 16.6 Å². The quantitative estimate of drug-likeness (QED) is 0.832. The van der Waals surface area contributed by atoms with Crippen LogP contribution in [0.2, 0.25) is 0 Å². The lowest BCUT2D eigenvalue weighted by molar-refractivity contribution is 0.200. The average molecular weight is 328 g/mol. The Balaban J connectivity index is 1.97. The molecule has 126 valence electrons. The molecule has 6 nitrogen and oxygen atoms in total. The van der Waals surface area contributed by atoms with Gasteiger partial charge in [0.2, 0.25) is 10.0 Å². The molecule has 2 N–H and O–H groups in total. The van der Waals surface area contributed by atoms with E-state index in [0.717, 1.165) is 25.1 Å². The third-order valence-electron chi connectivity index (χ3n) is 4.67. The number of hydrogen-bond acceptors (Lipinski definition) is 4. The smallest absolute Gasteiger partial charge is 0.216 e. The molecule has 0 bridgehead atoms. The summed E-state index contributed by atoms with van der Waals surface area (Å²) in [6.45, 7) is 9.66. The van der Waals surface area contributed by atoms with Crippen molar-refractivity contribution < 1.29 is 8.42 Å². The van der Waals surface area contributed by atoms with Crippen LogP contribution in [0.15, 0.2) is 6.20 Å². The van der Waals surface area contributed by atoms with Crippen LogP contribution < -0.4 is 5.32 Å². The van der Waals surface area contributed by atoms with Gasteiger partial charge in [-0.05, 0) is 33.1 Å². The zero-order valence-corrected chi connectivity index (χ0v) is 14.8. The summed E-state index contributed by atoms with van der Waals surface area (Å²) in [7, 11) is -3.14. The van der Waals surface area contributed by atoms with E-state index in [1.165, 1.54) is 5.56 Å². The summed E-state index contributed by atoms with van der Waals surface area (Å²) in [6.07, 6.45) is 3.69. The third kappa shape index (κ3) is 3.70. The standard InChI is InChI=1S/C15H28N4O2S/c1-5-13-10-19(22(20,21)11(2)3)7-6-15(13)16-8-14-9-17-18-12(14)4/h9,11,13,15-16H,5-8,10H2,1-4H3,(H,17,18). The molecule has 1 aliphatic rings. The van der Waals surface area contributed by atoms with Gasteiger partial charge in [0.25, 0.3) is 0 Å². The van der Waals surface area contributed by atoms with Gasteiger partial charge < -0.3 is 5.32 Å². The summed E-state index contributed by atoms with van der Waals surface area (Å²) in [5, 5.41) is 10.2. The van der Waals surface area contributed by atoms with E-state index < -0.39 is 10.0 Å². The molecule has 7 heteroatoms. The number of nitrogens with zero attached hydrogens (tertiary/aromatic N) is 2. The Bertz CT molecular complexity index is 582. The SMILES string of the molecule is CCC1CN(S(=O)(=O)C(C)C)CCC1NCc1cn[nH]c1C. The predicted molar refractivity (Wildman–Crippen MR) is 88.0 cm³/mol. The van der Waals surface area contributed by atoms with E-state index in [9.17, 15) is 8.42 Å². The number of hydrogen-bond donors (Lipinski definition) is 2. The lowest BCUT2D eigenvalue weighted by Gasteiger charge is -2.38. The first-order valence-corrected chi connectivity index (χ1v) is 9.57. The molecular formula is C15H28N4O2S. The fraction of sp³-hybridized carbons (Fsp3) is 0.800. The van der Waals surface area contributed by atoms with E-state index >= 15 is 0 Å². The fourth-order valence-electron chi connectivity index (χ4n) is 3.01. The van der Waals surface area contributed by atoms with Crippen LogP contribution in [0.5, 0.6) is 0 Å². The van der Waals surface area contributed by atoms with Gasteiger partial charge in [0.15, 0.2) is 0 Å². The number of aromatic nitrogens is 2. The van der Waals surface area contributed by atoms with Crippen molar-refractivity contribution >= 4 is 10.0 Å². The first-order chi connectivity index (χ1) is 10.4. The minimum absolute atomic E-state index is 0.344. The topological polar surface area (TPSA) is 78.1 Å². The summed E-state index contributed by atoms with van der Waals surface area (Å²) >= 11 is 0. The Hall–Kier alpha value is -0.920. The summed E-state index contributed by atoms with van der Waals surface area (Å²) in [5.74, 6) is 0.356. The minimum atomic E-state index is -3.14. The molecule has 22 heavy (non-hydrogen) atoms. The van der Waals surface area contributed by atoms with Crippen LogP contribution in [0.25, 0.3) is 0 Å². The maximum atomic E-state index is 12.3. The maximum Gasteiger partial charge on any atom is 0.216 e. The average Bonchev–Trinajstić information content (AvgIpc) is 2.90. The van der Waals surface area contributed by atoms with Crippen LogP contribution in [0.3, 0.4) is 0 Å². The van der Waals surface area contributed by atoms with Crippen molar-refractivity contribution in [3.63, 3.8) is 0 Å². The van der Waals surface area contributed by atoms with Crippen LogP contribution in [0.1, 0.15) is 44.9 Å². The number of rotatable bonds is 6. The second kappa shape index (κ2) is 7.10. The molecule has 1 aromatic heterocycles. The van der Waals surface area contributed by atoms with E-state index in [0.29, 0.717) is 25.0 Å². The summed E-state index contributed by atoms with van der Waals surface area (Å²) in [5.41, 5.74) is 2.26. The summed E-state index contributed by atoms with van der Waals surface area (Å²) in [4.78, 5) is 0. The molecule has 1 aromatic rings. The van der Waals surface area contributed by atoms with Crippen molar-refractivity contribution in [3.05, 3.63) is 17.5 Å². The normalized spacial score (nSPS) is 24.0. The molecule has 1 aliphatic heterocycles. The molecule has 2 rings (SSSR count). The Morgan fingerprint density at radius 3 is 2.77 bits per heavy atom. The Kier molecular flexibility index (Phi) is 5.63. The van der Waals surface area contributed by atoms with Crippen molar-refractivity contribution in [1.82, 2.24) is 19.8 Å². The predicted octanol–water partition coefficient (Wildman–Crippen LogP) is 1.65. The van der Waals surface area contributed by atoms with Gasteiger partial charge in [0.1, 0.15) is 0 Å². The van der Waals surface area contributed by atoms with Crippen LogP contribution in [0.4, 0.5) is 0 Å². The second-order valence-corrected chi connectivity index (χ2v) is 8.91. The first-order valence-electron chi connectivity index (χ1n) is 8.07. The van der Waals surface area contributed by atoms with Gasteiger partial charge in [-0.2, -0.15) is 5.10 Å². The number of aryl methyl sites for hydroxylation is 1. The van der Waals surface area contributed by atoms with E-state index in [1.807, 2.05) is 13.1 Å². The van der Waals surface area contributed by atoms with Gasteiger partial charge in [-0.25, -0.2) is 12.7 Å². The van der Waals surface area contributed by atoms with Crippen molar-refractivity contribution in [2.24, 2.45) is 5.92 Å². The number of piperidine rings is 1. The van der Waals surface area contributed by atoms with E-state index in [-0.39, 0.29) is 5.25 Å². The van der Waals surface area contributed by atoms with Gasteiger partial charge >= 0.3 is 0 Å². The maximum absolute atomic E-state index is 12.3. The molecule has 0 aliphatic carbocycles. The summed E-state index contributed by atoms with van der Waals surface area (Å²) < 4.78 is 26.3. The van der Waals surface area contributed by atoms with Gasteiger partial charge in [0, 0.05) is 36.9 Å². The van der Waals surface area contributed by atoms with Crippen molar-refractivity contribution in [3.8, 4) is 0 Å². The lowest BCUT2D eigenvalue weighted by atomic mass is 9.91. The molecule has 1 fully saturated rings. The molecule has 2 unspecified atom stereocenters. The van der Waals surface area contributed by atoms with Gasteiger partial charge in [0.05, 0.1) is 11.4 Å². The highest BCUT2D eigenvalue weighted by Gasteiger charge is 2.35. The zero-order chi connectivity index (χ0) is 16.3. The highest BCUT2D eigenvalue weighted by molar-refractivity contribution is 7.89. The summed E-state index contributed by atoms with van der Waals surface area (Å²) in [6, 6.07) is 0.359. The molecule has 1 saturated heterocycles. The number of nitrogens with one attached hydrogen (secondary N) is 2. The molecule has 2 heterocycles. The molecule has 2 atom stereocenters. The number of sulfonamides is 1. The highest BCUT2D eigenvalue weighted by Crippen LogP contribution is 2.24. The zero-order valence-electron chi connectivity index (χ0n) is 14.0.